The smallest absolute Gasteiger partial charge is 0.305 e. The second kappa shape index (κ2) is 20.9. The Labute approximate surface area is 256 Å². The first-order chi connectivity index (χ1) is 19.9. The zero-order valence-electron chi connectivity index (χ0n) is 27.6. The number of hydrogen-bond donors (Lipinski definition) is 3. The molecule has 1 aliphatic heterocycles. The molecule has 0 saturated carbocycles. The van der Waals surface area contributed by atoms with Crippen LogP contribution in [0.25, 0.3) is 0 Å². The highest BCUT2D eigenvalue weighted by atomic mass is 16.7. The van der Waals surface area contributed by atoms with Gasteiger partial charge in [-0.05, 0) is 58.8 Å². The Morgan fingerprint density at radius 2 is 1.48 bits per heavy atom. The second-order valence-corrected chi connectivity index (χ2v) is 13.3. The lowest BCUT2D eigenvalue weighted by molar-refractivity contribution is -0.304. The van der Waals surface area contributed by atoms with E-state index in [1.54, 1.807) is 13.8 Å². The zero-order valence-corrected chi connectivity index (χ0v) is 27.6. The van der Waals surface area contributed by atoms with Crippen molar-refractivity contribution >= 4 is 17.8 Å². The SMILES string of the molecule is CCCCCCCCC=CCCCCCCC(C)C(=O)NCCCC(CC(=O)O)NC(=O)C1OC(C)(C)OCC1(C)C. The number of allylic oxidation sites excluding steroid dienone is 2. The van der Waals surface area contributed by atoms with Crippen LogP contribution >= 0.6 is 0 Å². The van der Waals surface area contributed by atoms with Crippen LogP contribution in [-0.2, 0) is 23.9 Å². The molecule has 0 bridgehead atoms. The van der Waals surface area contributed by atoms with Crippen molar-refractivity contribution < 1.29 is 29.0 Å². The molecule has 244 valence electrons. The Kier molecular flexibility index (Phi) is 18.9. The molecule has 3 N–H and O–H groups in total. The molecule has 42 heavy (non-hydrogen) atoms. The van der Waals surface area contributed by atoms with Gasteiger partial charge < -0.3 is 25.2 Å². The van der Waals surface area contributed by atoms with E-state index >= 15 is 0 Å². The molecule has 0 aromatic carbocycles. The third-order valence-electron chi connectivity index (χ3n) is 8.03. The van der Waals surface area contributed by atoms with Crippen LogP contribution in [0.15, 0.2) is 12.2 Å². The maximum atomic E-state index is 13.0. The first-order valence-electron chi connectivity index (χ1n) is 16.6. The first kappa shape index (κ1) is 38.1. The minimum absolute atomic E-state index is 0.0334. The quantitative estimate of drug-likeness (QED) is 0.0845. The summed E-state index contributed by atoms with van der Waals surface area (Å²) in [6.07, 6.45) is 20.7. The summed E-state index contributed by atoms with van der Waals surface area (Å²) in [7, 11) is 0. The van der Waals surface area contributed by atoms with Gasteiger partial charge in [0.05, 0.1) is 13.0 Å². The summed E-state index contributed by atoms with van der Waals surface area (Å²) in [5.74, 6) is -2.21. The molecule has 3 atom stereocenters. The van der Waals surface area contributed by atoms with Gasteiger partial charge in [0.25, 0.3) is 0 Å². The van der Waals surface area contributed by atoms with Gasteiger partial charge in [0, 0.05) is 23.9 Å². The summed E-state index contributed by atoms with van der Waals surface area (Å²) in [6.45, 7) is 12.3. The molecule has 0 spiro atoms. The predicted molar refractivity (Wildman–Crippen MR) is 169 cm³/mol. The van der Waals surface area contributed by atoms with Crippen molar-refractivity contribution in [2.75, 3.05) is 13.2 Å². The molecule has 8 nitrogen and oxygen atoms in total. The Morgan fingerprint density at radius 1 is 0.881 bits per heavy atom. The molecule has 1 saturated heterocycles. The van der Waals surface area contributed by atoms with Gasteiger partial charge in [0.2, 0.25) is 11.8 Å². The second-order valence-electron chi connectivity index (χ2n) is 13.3. The molecular weight excluding hydrogens is 532 g/mol. The van der Waals surface area contributed by atoms with Crippen molar-refractivity contribution in [2.45, 2.75) is 162 Å². The topological polar surface area (TPSA) is 114 Å². The summed E-state index contributed by atoms with van der Waals surface area (Å²) in [4.78, 5) is 37.0. The summed E-state index contributed by atoms with van der Waals surface area (Å²) in [5, 5.41) is 15.2. The fourth-order valence-corrected chi connectivity index (χ4v) is 5.24. The maximum Gasteiger partial charge on any atom is 0.305 e. The number of carboxylic acid groups (broad SMARTS) is 1. The van der Waals surface area contributed by atoms with E-state index < -0.39 is 29.3 Å². The number of hydrogen-bond acceptors (Lipinski definition) is 5. The molecule has 1 fully saturated rings. The van der Waals surface area contributed by atoms with E-state index in [1.165, 1.54) is 57.8 Å². The largest absolute Gasteiger partial charge is 0.481 e. The van der Waals surface area contributed by atoms with E-state index in [0.717, 1.165) is 25.7 Å². The Bertz CT molecular complexity index is 810. The van der Waals surface area contributed by atoms with Crippen molar-refractivity contribution in [1.82, 2.24) is 10.6 Å². The minimum atomic E-state index is -0.977. The van der Waals surface area contributed by atoms with Gasteiger partial charge in [0.15, 0.2) is 5.79 Å². The van der Waals surface area contributed by atoms with Crippen molar-refractivity contribution in [3.63, 3.8) is 0 Å². The van der Waals surface area contributed by atoms with Crippen molar-refractivity contribution in [3.05, 3.63) is 12.2 Å². The number of nitrogens with one attached hydrogen (secondary N) is 2. The van der Waals surface area contributed by atoms with Gasteiger partial charge in [0.1, 0.15) is 6.10 Å². The summed E-state index contributed by atoms with van der Waals surface area (Å²) in [6, 6.07) is -0.542. The lowest BCUT2D eigenvalue weighted by Crippen LogP contribution is -2.57. The molecule has 2 amide bonds. The number of carboxylic acids is 1. The van der Waals surface area contributed by atoms with E-state index in [2.05, 4.69) is 29.7 Å². The average molecular weight is 595 g/mol. The number of aliphatic carboxylic acids is 1. The van der Waals surface area contributed by atoms with E-state index in [0.29, 0.717) is 26.0 Å². The number of rotatable bonds is 23. The van der Waals surface area contributed by atoms with E-state index in [4.69, 9.17) is 9.47 Å². The van der Waals surface area contributed by atoms with Gasteiger partial charge in [-0.1, -0.05) is 91.2 Å². The highest BCUT2D eigenvalue weighted by Gasteiger charge is 2.46. The zero-order chi connectivity index (χ0) is 31.4. The molecule has 0 aromatic rings. The molecule has 1 rings (SSSR count). The van der Waals surface area contributed by atoms with Crippen molar-refractivity contribution in [3.8, 4) is 0 Å². The van der Waals surface area contributed by atoms with Gasteiger partial charge in [-0.15, -0.1) is 0 Å². The Balaban J connectivity index is 2.22. The van der Waals surface area contributed by atoms with Crippen LogP contribution in [0, 0.1) is 11.3 Å². The fourth-order valence-electron chi connectivity index (χ4n) is 5.24. The number of carbonyl (C=O) groups excluding carboxylic acids is 2. The van der Waals surface area contributed by atoms with Gasteiger partial charge in [-0.25, -0.2) is 0 Å². The monoisotopic (exact) mass is 594 g/mol. The van der Waals surface area contributed by atoms with Crippen molar-refractivity contribution in [1.29, 1.82) is 0 Å². The fraction of sp³-hybridized carbons (Fsp3) is 0.853. The summed E-state index contributed by atoms with van der Waals surface area (Å²) >= 11 is 0. The van der Waals surface area contributed by atoms with Crippen LogP contribution in [0.1, 0.15) is 144 Å². The Morgan fingerprint density at radius 3 is 2.10 bits per heavy atom. The van der Waals surface area contributed by atoms with Gasteiger partial charge in [-0.3, -0.25) is 14.4 Å². The molecule has 3 unspecified atom stereocenters. The normalized spacial score (nSPS) is 19.3. The number of ether oxygens (including phenoxy) is 2. The highest BCUT2D eigenvalue weighted by molar-refractivity contribution is 5.82. The molecule has 0 radical (unpaired) electrons. The number of carbonyl (C=O) groups is 3. The van der Waals surface area contributed by atoms with E-state index in [-0.39, 0.29) is 24.2 Å². The molecule has 8 heteroatoms. The van der Waals surface area contributed by atoms with Crippen LogP contribution in [0.4, 0.5) is 0 Å². The van der Waals surface area contributed by atoms with Crippen LogP contribution in [-0.4, -0.2) is 54.0 Å². The third kappa shape index (κ3) is 17.3. The van der Waals surface area contributed by atoms with Gasteiger partial charge >= 0.3 is 5.97 Å². The van der Waals surface area contributed by atoms with Crippen molar-refractivity contribution in [2.24, 2.45) is 11.3 Å². The lowest BCUT2D eigenvalue weighted by Gasteiger charge is -2.45. The minimum Gasteiger partial charge on any atom is -0.481 e. The molecule has 1 heterocycles. The maximum absolute atomic E-state index is 13.0. The van der Waals surface area contributed by atoms with Crippen LogP contribution < -0.4 is 10.6 Å². The van der Waals surface area contributed by atoms with E-state index in [1.807, 2.05) is 20.8 Å². The standard InChI is InChI=1S/C34H62N2O6/c1-7-8-9-10-11-12-13-14-15-16-17-18-19-20-22-27(2)31(39)35-24-21-23-28(25-29(37)38)36-32(40)30-33(3,4)26-41-34(5,6)42-30/h14-15,27-28,30H,7-13,16-26H2,1-6H3,(H,35,39)(H,36,40)(H,37,38). The average Bonchev–Trinajstić information content (AvgIpc) is 2.92. The number of amides is 2. The van der Waals surface area contributed by atoms with E-state index in [9.17, 15) is 19.5 Å². The van der Waals surface area contributed by atoms with Gasteiger partial charge in [-0.2, -0.15) is 0 Å². The third-order valence-corrected chi connectivity index (χ3v) is 8.03. The molecule has 0 aliphatic carbocycles. The Hall–Kier alpha value is -1.93. The predicted octanol–water partition coefficient (Wildman–Crippen LogP) is 7.30. The summed E-state index contributed by atoms with van der Waals surface area (Å²) in [5.41, 5.74) is -0.540. The lowest BCUT2D eigenvalue weighted by atomic mass is 9.85. The first-order valence-corrected chi connectivity index (χ1v) is 16.6. The highest BCUT2D eigenvalue weighted by Crippen LogP contribution is 2.35. The molecule has 1 aliphatic rings. The number of unbranched alkanes of at least 4 members (excludes halogenated alkanes) is 10. The molecular formula is C34H62N2O6. The van der Waals surface area contributed by atoms with Crippen LogP contribution in [0.3, 0.4) is 0 Å². The molecule has 0 aromatic heterocycles. The van der Waals surface area contributed by atoms with Crippen LogP contribution in [0.2, 0.25) is 0 Å². The van der Waals surface area contributed by atoms with Crippen LogP contribution in [0.5, 0.6) is 0 Å². The summed E-state index contributed by atoms with van der Waals surface area (Å²) < 4.78 is 11.6.